The molecule has 1 saturated heterocycles. The summed E-state index contributed by atoms with van der Waals surface area (Å²) >= 11 is 1.35. The minimum atomic E-state index is -0.248. The molecule has 1 fully saturated rings. The van der Waals surface area contributed by atoms with Crippen molar-refractivity contribution in [3.05, 3.63) is 52.9 Å². The van der Waals surface area contributed by atoms with Gasteiger partial charge in [0.15, 0.2) is 16.6 Å². The molecule has 2 aliphatic heterocycles. The molecule has 0 unspecified atom stereocenters. The average Bonchev–Trinajstić information content (AvgIpc) is 3.48. The molecular weight excluding hydrogens is 404 g/mol. The highest BCUT2D eigenvalue weighted by molar-refractivity contribution is 7.14. The highest BCUT2D eigenvalue weighted by Crippen LogP contribution is 2.36. The van der Waals surface area contributed by atoms with Gasteiger partial charge in [-0.15, -0.1) is 11.3 Å². The normalized spacial score (nSPS) is 14.7. The Morgan fingerprint density at radius 1 is 1.20 bits per heavy atom. The molecule has 2 N–H and O–H groups in total. The quantitative estimate of drug-likeness (QED) is 0.670. The SMILES string of the molecule is Cc1cc(C(=O)Nc2nc(-c3ccc4c(c3)OCO4)cs2)ccc1N1CCNC1=O. The molecule has 152 valence electrons. The van der Waals surface area contributed by atoms with Gasteiger partial charge in [-0.05, 0) is 48.9 Å². The monoisotopic (exact) mass is 422 g/mol. The molecule has 0 saturated carbocycles. The molecule has 3 heterocycles. The fraction of sp³-hybridized carbons (Fsp3) is 0.190. The third-order valence-electron chi connectivity index (χ3n) is 5.00. The van der Waals surface area contributed by atoms with E-state index in [0.29, 0.717) is 35.3 Å². The molecule has 0 aliphatic carbocycles. The minimum Gasteiger partial charge on any atom is -0.454 e. The van der Waals surface area contributed by atoms with Crippen LogP contribution in [0.25, 0.3) is 11.3 Å². The summed E-state index contributed by atoms with van der Waals surface area (Å²) in [6, 6.07) is 10.8. The molecule has 1 aromatic heterocycles. The molecule has 0 spiro atoms. The third kappa shape index (κ3) is 3.33. The van der Waals surface area contributed by atoms with Gasteiger partial charge in [0.2, 0.25) is 6.79 Å². The Balaban J connectivity index is 1.31. The summed E-state index contributed by atoms with van der Waals surface area (Å²) in [6.45, 7) is 3.35. The summed E-state index contributed by atoms with van der Waals surface area (Å²) < 4.78 is 10.7. The number of nitrogens with zero attached hydrogens (tertiary/aromatic N) is 2. The largest absolute Gasteiger partial charge is 0.454 e. The summed E-state index contributed by atoms with van der Waals surface area (Å²) in [6.07, 6.45) is 0. The fourth-order valence-electron chi connectivity index (χ4n) is 3.49. The van der Waals surface area contributed by atoms with E-state index in [1.165, 1.54) is 11.3 Å². The Morgan fingerprint density at radius 3 is 2.87 bits per heavy atom. The van der Waals surface area contributed by atoms with Crippen LogP contribution in [0.3, 0.4) is 0 Å². The number of ether oxygens (including phenoxy) is 2. The Morgan fingerprint density at radius 2 is 2.07 bits per heavy atom. The molecule has 3 aromatic rings. The van der Waals surface area contributed by atoms with E-state index in [-0.39, 0.29) is 18.7 Å². The Labute approximate surface area is 176 Å². The van der Waals surface area contributed by atoms with E-state index < -0.39 is 0 Å². The van der Waals surface area contributed by atoms with E-state index in [0.717, 1.165) is 22.5 Å². The van der Waals surface area contributed by atoms with E-state index in [1.807, 2.05) is 30.5 Å². The standard InChI is InChI=1S/C21H18N4O4S/c1-12-8-14(2-4-16(12)25-7-6-22-21(25)27)19(26)24-20-23-15(10-30-20)13-3-5-17-18(9-13)29-11-28-17/h2-5,8-10H,6-7,11H2,1H3,(H,22,27)(H,23,24,26). The minimum absolute atomic E-state index is 0.117. The number of urea groups is 1. The number of rotatable bonds is 4. The van der Waals surface area contributed by atoms with Crippen molar-refractivity contribution in [3.8, 4) is 22.8 Å². The number of aryl methyl sites for hydroxylation is 1. The van der Waals surface area contributed by atoms with Crippen molar-refractivity contribution < 1.29 is 19.1 Å². The van der Waals surface area contributed by atoms with Crippen molar-refractivity contribution >= 4 is 34.1 Å². The van der Waals surface area contributed by atoms with Crippen molar-refractivity contribution in [2.45, 2.75) is 6.92 Å². The van der Waals surface area contributed by atoms with Gasteiger partial charge in [0.25, 0.3) is 5.91 Å². The lowest BCUT2D eigenvalue weighted by Crippen LogP contribution is -2.28. The molecule has 0 bridgehead atoms. The summed E-state index contributed by atoms with van der Waals surface area (Å²) in [5, 5.41) is 8.02. The number of hydrogen-bond acceptors (Lipinski definition) is 6. The van der Waals surface area contributed by atoms with E-state index in [4.69, 9.17) is 9.47 Å². The maximum atomic E-state index is 12.7. The number of thiazole rings is 1. The Kier molecular flexibility index (Phi) is 4.51. The zero-order chi connectivity index (χ0) is 20.7. The molecule has 2 aromatic carbocycles. The summed E-state index contributed by atoms with van der Waals surface area (Å²) in [7, 11) is 0. The first-order valence-corrected chi connectivity index (χ1v) is 10.3. The number of amides is 3. The van der Waals surface area contributed by atoms with Gasteiger partial charge in [-0.25, -0.2) is 9.78 Å². The summed E-state index contributed by atoms with van der Waals surface area (Å²) in [5.74, 6) is 1.16. The smallest absolute Gasteiger partial charge is 0.322 e. The number of aromatic nitrogens is 1. The molecule has 5 rings (SSSR count). The summed E-state index contributed by atoms with van der Waals surface area (Å²) in [4.78, 5) is 30.8. The number of benzene rings is 2. The van der Waals surface area contributed by atoms with Gasteiger partial charge >= 0.3 is 6.03 Å². The van der Waals surface area contributed by atoms with Crippen LogP contribution in [0.1, 0.15) is 15.9 Å². The van der Waals surface area contributed by atoms with Gasteiger partial charge in [0, 0.05) is 35.3 Å². The molecule has 9 heteroatoms. The number of carbonyl (C=O) groups is 2. The number of hydrogen-bond donors (Lipinski definition) is 2. The van der Waals surface area contributed by atoms with Crippen LogP contribution in [0.5, 0.6) is 11.5 Å². The zero-order valence-corrected chi connectivity index (χ0v) is 16.9. The van der Waals surface area contributed by atoms with Crippen molar-refractivity contribution in [3.63, 3.8) is 0 Å². The average molecular weight is 422 g/mol. The third-order valence-corrected chi connectivity index (χ3v) is 5.76. The van der Waals surface area contributed by atoms with Crippen molar-refractivity contribution in [2.75, 3.05) is 30.1 Å². The fourth-order valence-corrected chi connectivity index (χ4v) is 4.20. The zero-order valence-electron chi connectivity index (χ0n) is 16.1. The van der Waals surface area contributed by atoms with E-state index in [1.54, 1.807) is 23.1 Å². The molecular formula is C21H18N4O4S. The lowest BCUT2D eigenvalue weighted by Gasteiger charge is -2.17. The summed E-state index contributed by atoms with van der Waals surface area (Å²) in [5.41, 5.74) is 3.82. The maximum absolute atomic E-state index is 12.7. The van der Waals surface area contributed by atoms with Crippen molar-refractivity contribution in [1.82, 2.24) is 10.3 Å². The first-order chi connectivity index (χ1) is 14.6. The van der Waals surface area contributed by atoms with Crippen LogP contribution < -0.4 is 25.0 Å². The second-order valence-electron chi connectivity index (χ2n) is 6.94. The number of anilines is 2. The van der Waals surface area contributed by atoms with E-state index >= 15 is 0 Å². The molecule has 0 radical (unpaired) electrons. The number of carbonyl (C=O) groups excluding carboxylic acids is 2. The highest BCUT2D eigenvalue weighted by atomic mass is 32.1. The van der Waals surface area contributed by atoms with Crippen LogP contribution in [0.15, 0.2) is 41.8 Å². The molecule has 0 atom stereocenters. The first kappa shape index (κ1) is 18.4. The molecule has 2 aliphatic rings. The predicted octanol–water partition coefficient (Wildman–Crippen LogP) is 3.63. The number of nitrogens with one attached hydrogen (secondary N) is 2. The van der Waals surface area contributed by atoms with Gasteiger partial charge in [0.1, 0.15) is 0 Å². The van der Waals surface area contributed by atoms with Crippen LogP contribution in [-0.2, 0) is 0 Å². The van der Waals surface area contributed by atoms with E-state index in [2.05, 4.69) is 15.6 Å². The second kappa shape index (κ2) is 7.34. The van der Waals surface area contributed by atoms with Crippen LogP contribution in [0.2, 0.25) is 0 Å². The van der Waals surface area contributed by atoms with Crippen LogP contribution in [-0.4, -0.2) is 36.8 Å². The van der Waals surface area contributed by atoms with Gasteiger partial charge in [-0.1, -0.05) is 0 Å². The van der Waals surface area contributed by atoms with Crippen molar-refractivity contribution in [2.24, 2.45) is 0 Å². The first-order valence-electron chi connectivity index (χ1n) is 9.41. The van der Waals surface area contributed by atoms with Crippen LogP contribution in [0, 0.1) is 6.92 Å². The molecule has 30 heavy (non-hydrogen) atoms. The van der Waals surface area contributed by atoms with Crippen molar-refractivity contribution in [1.29, 1.82) is 0 Å². The van der Waals surface area contributed by atoms with Crippen LogP contribution in [0.4, 0.5) is 15.6 Å². The lowest BCUT2D eigenvalue weighted by molar-refractivity contribution is 0.102. The van der Waals surface area contributed by atoms with Crippen LogP contribution >= 0.6 is 11.3 Å². The van der Waals surface area contributed by atoms with Gasteiger partial charge < -0.3 is 14.8 Å². The lowest BCUT2D eigenvalue weighted by atomic mass is 10.1. The van der Waals surface area contributed by atoms with Gasteiger partial charge in [0.05, 0.1) is 5.69 Å². The highest BCUT2D eigenvalue weighted by Gasteiger charge is 2.23. The Hall–Kier alpha value is -3.59. The van der Waals surface area contributed by atoms with Gasteiger partial charge in [-0.3, -0.25) is 15.0 Å². The topological polar surface area (TPSA) is 92.8 Å². The van der Waals surface area contributed by atoms with Gasteiger partial charge in [-0.2, -0.15) is 0 Å². The number of fused-ring (bicyclic) bond motifs is 1. The van der Waals surface area contributed by atoms with E-state index in [9.17, 15) is 9.59 Å². The second-order valence-corrected chi connectivity index (χ2v) is 7.80. The predicted molar refractivity (Wildman–Crippen MR) is 114 cm³/mol. The maximum Gasteiger partial charge on any atom is 0.322 e. The Bertz CT molecular complexity index is 1160. The molecule has 8 nitrogen and oxygen atoms in total. The molecule has 3 amide bonds.